The summed E-state index contributed by atoms with van der Waals surface area (Å²) in [5, 5.41) is 3.67. The molecule has 0 bridgehead atoms. The van der Waals surface area contributed by atoms with E-state index < -0.39 is 0 Å². The molecule has 0 saturated carbocycles. The molecule has 1 saturated heterocycles. The fourth-order valence-corrected chi connectivity index (χ4v) is 5.19. The van der Waals surface area contributed by atoms with Gasteiger partial charge in [0.1, 0.15) is 0 Å². The number of carbonyl (C=O) groups is 2. The smallest absolute Gasteiger partial charge is 0.242 e. The number of amides is 2. The lowest BCUT2D eigenvalue weighted by Gasteiger charge is -2.34. The zero-order chi connectivity index (χ0) is 27.9. The third kappa shape index (κ3) is 7.51. The molecule has 0 radical (unpaired) electrons. The number of anilines is 2. The number of rotatable bonds is 10. The quantitative estimate of drug-likeness (QED) is 0.310. The Labute approximate surface area is 240 Å². The minimum absolute atomic E-state index is 0.0339. The largest absolute Gasteiger partial charge is 0.350 e. The number of likely N-dealkylation sites (N-methyl/N-ethyl adjacent to an activating group) is 1. The summed E-state index contributed by atoms with van der Waals surface area (Å²) in [4.78, 5) is 30.9. The van der Waals surface area contributed by atoms with E-state index in [-0.39, 0.29) is 31.1 Å². The first-order valence-electron chi connectivity index (χ1n) is 13.1. The van der Waals surface area contributed by atoms with E-state index in [0.717, 1.165) is 47.7 Å². The van der Waals surface area contributed by atoms with E-state index in [1.165, 1.54) is 19.8 Å². The first-order valence-corrected chi connectivity index (χ1v) is 13.9. The fraction of sp³-hybridized carbons (Fsp3) is 0.333. The minimum atomic E-state index is -0.111. The molecule has 7 nitrogen and oxygen atoms in total. The lowest BCUT2D eigenvalue weighted by atomic mass is 9.99. The van der Waals surface area contributed by atoms with Gasteiger partial charge < -0.3 is 25.8 Å². The topological polar surface area (TPSA) is 81.9 Å². The molecule has 1 fully saturated rings. The number of likely N-dealkylation sites (tertiary alicyclic amines) is 1. The highest BCUT2D eigenvalue weighted by atomic mass is 35.5. The highest BCUT2D eigenvalue weighted by molar-refractivity contribution is 6.42. The van der Waals surface area contributed by atoms with E-state index in [1.54, 1.807) is 17.0 Å². The van der Waals surface area contributed by atoms with Crippen LogP contribution in [-0.2, 0) is 9.59 Å². The number of halogens is 2. The van der Waals surface area contributed by atoms with E-state index in [0.29, 0.717) is 10.0 Å². The summed E-state index contributed by atoms with van der Waals surface area (Å²) in [6.07, 6.45) is 2.35. The molecule has 0 spiro atoms. The van der Waals surface area contributed by atoms with E-state index in [1.807, 2.05) is 42.3 Å². The number of benzene rings is 3. The van der Waals surface area contributed by atoms with Crippen LogP contribution in [0.1, 0.15) is 31.4 Å². The van der Waals surface area contributed by atoms with Gasteiger partial charge in [0.15, 0.2) is 0 Å². The van der Waals surface area contributed by atoms with Crippen LogP contribution in [0.3, 0.4) is 0 Å². The third-order valence-electron chi connectivity index (χ3n) is 7.14. The molecule has 4 rings (SSSR count). The second kappa shape index (κ2) is 13.3. The summed E-state index contributed by atoms with van der Waals surface area (Å²) in [6.45, 7) is 4.63. The number of nitrogens with one attached hydrogen (secondary N) is 1. The van der Waals surface area contributed by atoms with Crippen molar-refractivity contribution < 1.29 is 9.59 Å². The second-order valence-corrected chi connectivity index (χ2v) is 10.7. The standard InChI is InChI=1S/C30H35Cl2N5O2/c1-21(38)34-25-11-9-23(10-12-25)22-5-7-24(8-6-22)29(18-36-15-3-4-16-36)35(2)30(39)19-37(20-33)26-13-14-27(31)28(32)17-26/h5-14,17,29H,3-4,15-16,18-20,33H2,1-2H3,(H,34,38). The zero-order valence-electron chi connectivity index (χ0n) is 22.4. The molecule has 3 aromatic carbocycles. The van der Waals surface area contributed by atoms with Crippen LogP contribution in [0.4, 0.5) is 11.4 Å². The van der Waals surface area contributed by atoms with Crippen molar-refractivity contribution in [1.82, 2.24) is 9.80 Å². The van der Waals surface area contributed by atoms with Crippen LogP contribution in [-0.4, -0.2) is 61.5 Å². The summed E-state index contributed by atoms with van der Waals surface area (Å²) in [5.41, 5.74) is 10.7. The van der Waals surface area contributed by atoms with E-state index >= 15 is 0 Å². The van der Waals surface area contributed by atoms with Crippen molar-refractivity contribution in [1.29, 1.82) is 0 Å². The molecule has 2 amide bonds. The van der Waals surface area contributed by atoms with Crippen molar-refractivity contribution in [3.8, 4) is 11.1 Å². The fourth-order valence-electron chi connectivity index (χ4n) is 4.90. The molecule has 1 aliphatic rings. The number of nitrogens with zero attached hydrogens (tertiary/aromatic N) is 3. The molecular formula is C30H35Cl2N5O2. The predicted molar refractivity (Wildman–Crippen MR) is 160 cm³/mol. The molecule has 206 valence electrons. The second-order valence-electron chi connectivity index (χ2n) is 9.89. The number of hydrogen-bond donors (Lipinski definition) is 2. The molecule has 0 aliphatic carbocycles. The Kier molecular flexibility index (Phi) is 9.86. The Morgan fingerprint density at radius 3 is 2.13 bits per heavy atom. The average molecular weight is 569 g/mol. The molecule has 39 heavy (non-hydrogen) atoms. The van der Waals surface area contributed by atoms with Gasteiger partial charge in [-0.15, -0.1) is 0 Å². The summed E-state index contributed by atoms with van der Waals surface area (Å²) in [6, 6.07) is 21.3. The van der Waals surface area contributed by atoms with Crippen molar-refractivity contribution in [2.24, 2.45) is 5.73 Å². The van der Waals surface area contributed by atoms with Gasteiger partial charge in [-0.2, -0.15) is 0 Å². The van der Waals surface area contributed by atoms with Crippen LogP contribution in [0.2, 0.25) is 10.0 Å². The summed E-state index contributed by atoms with van der Waals surface area (Å²) in [5.74, 6) is -0.130. The van der Waals surface area contributed by atoms with E-state index in [4.69, 9.17) is 28.9 Å². The van der Waals surface area contributed by atoms with Gasteiger partial charge in [0.25, 0.3) is 0 Å². The number of carbonyl (C=O) groups excluding carboxylic acids is 2. The van der Waals surface area contributed by atoms with Crippen molar-refractivity contribution >= 4 is 46.4 Å². The van der Waals surface area contributed by atoms with Gasteiger partial charge in [-0.05, 0) is 73.0 Å². The van der Waals surface area contributed by atoms with Crippen LogP contribution in [0, 0.1) is 0 Å². The zero-order valence-corrected chi connectivity index (χ0v) is 23.9. The van der Waals surface area contributed by atoms with E-state index in [2.05, 4.69) is 34.5 Å². The summed E-state index contributed by atoms with van der Waals surface area (Å²) >= 11 is 12.3. The number of nitrogens with two attached hydrogens (primary N) is 1. The molecule has 3 aromatic rings. The van der Waals surface area contributed by atoms with Gasteiger partial charge in [0.05, 0.1) is 29.3 Å². The van der Waals surface area contributed by atoms with Crippen LogP contribution >= 0.6 is 23.2 Å². The first kappa shape index (κ1) is 28.9. The highest BCUT2D eigenvalue weighted by Crippen LogP contribution is 2.29. The van der Waals surface area contributed by atoms with Gasteiger partial charge >= 0.3 is 0 Å². The Bertz CT molecular complexity index is 1280. The monoisotopic (exact) mass is 567 g/mol. The first-order chi connectivity index (χ1) is 18.7. The highest BCUT2D eigenvalue weighted by Gasteiger charge is 2.27. The number of hydrogen-bond acceptors (Lipinski definition) is 5. The maximum absolute atomic E-state index is 13.5. The van der Waals surface area contributed by atoms with Gasteiger partial charge in [-0.1, -0.05) is 59.6 Å². The lowest BCUT2D eigenvalue weighted by molar-refractivity contribution is -0.131. The van der Waals surface area contributed by atoms with Crippen LogP contribution < -0.4 is 16.0 Å². The Hall–Kier alpha value is -3.10. The van der Waals surface area contributed by atoms with Crippen molar-refractivity contribution in [3.05, 3.63) is 82.3 Å². The van der Waals surface area contributed by atoms with Crippen LogP contribution in [0.15, 0.2) is 66.7 Å². The van der Waals surface area contributed by atoms with Crippen LogP contribution in [0.25, 0.3) is 11.1 Å². The normalized spacial score (nSPS) is 14.2. The molecule has 1 aliphatic heterocycles. The van der Waals surface area contributed by atoms with Crippen molar-refractivity contribution in [3.63, 3.8) is 0 Å². The molecule has 0 aromatic heterocycles. The van der Waals surface area contributed by atoms with Crippen molar-refractivity contribution in [2.45, 2.75) is 25.8 Å². The predicted octanol–water partition coefficient (Wildman–Crippen LogP) is 5.64. The molecule has 1 atom stereocenters. The maximum Gasteiger partial charge on any atom is 0.242 e. The van der Waals surface area contributed by atoms with Gasteiger partial charge in [-0.25, -0.2) is 0 Å². The van der Waals surface area contributed by atoms with E-state index in [9.17, 15) is 9.59 Å². The molecule has 1 unspecified atom stereocenters. The Balaban J connectivity index is 1.52. The molecule has 3 N–H and O–H groups in total. The third-order valence-corrected chi connectivity index (χ3v) is 7.88. The SMILES string of the molecule is CC(=O)Nc1ccc(-c2ccc(C(CN3CCCC3)N(C)C(=O)CN(CN)c3ccc(Cl)c(Cl)c3)cc2)cc1. The summed E-state index contributed by atoms with van der Waals surface area (Å²) in [7, 11) is 1.86. The summed E-state index contributed by atoms with van der Waals surface area (Å²) < 4.78 is 0. The molecule has 9 heteroatoms. The maximum atomic E-state index is 13.5. The average Bonchev–Trinajstić information content (AvgIpc) is 3.45. The molecule has 1 heterocycles. The Morgan fingerprint density at radius 1 is 0.949 bits per heavy atom. The molecular weight excluding hydrogens is 533 g/mol. The van der Waals surface area contributed by atoms with Gasteiger partial charge in [0, 0.05) is 31.9 Å². The van der Waals surface area contributed by atoms with Crippen LogP contribution in [0.5, 0.6) is 0 Å². The lowest BCUT2D eigenvalue weighted by Crippen LogP contribution is -2.44. The van der Waals surface area contributed by atoms with Gasteiger partial charge in [0.2, 0.25) is 11.8 Å². The van der Waals surface area contributed by atoms with Gasteiger partial charge in [-0.3, -0.25) is 9.59 Å². The Morgan fingerprint density at radius 2 is 1.56 bits per heavy atom. The van der Waals surface area contributed by atoms with Crippen molar-refractivity contribution in [2.75, 3.05) is 50.1 Å². The minimum Gasteiger partial charge on any atom is -0.350 e.